The molecule has 0 spiro atoms. The molecule has 0 atom stereocenters. The van der Waals surface area contributed by atoms with Crippen molar-refractivity contribution < 1.29 is 13.5 Å². The zero-order chi connectivity index (χ0) is 13.8. The highest BCUT2D eigenvalue weighted by molar-refractivity contribution is 6.30. The zero-order valence-corrected chi connectivity index (χ0v) is 10.6. The first kappa shape index (κ1) is 13.8. The Labute approximate surface area is 113 Å². The van der Waals surface area contributed by atoms with Gasteiger partial charge in [-0.25, -0.2) is 4.98 Å². The van der Waals surface area contributed by atoms with Crippen LogP contribution in [0.25, 0.3) is 0 Å². The molecule has 0 unspecified atom stereocenters. The lowest BCUT2D eigenvalue weighted by Crippen LogP contribution is -2.08. The molecular weight excluding hydrogens is 276 g/mol. The third-order valence-corrected chi connectivity index (χ3v) is 2.79. The number of nitrogens with two attached hydrogens (primary N) is 1. The van der Waals surface area contributed by atoms with E-state index in [1.807, 2.05) is 0 Å². The van der Waals surface area contributed by atoms with Gasteiger partial charge in [0.15, 0.2) is 5.82 Å². The second-order valence-corrected chi connectivity index (χ2v) is 4.21. The zero-order valence-electron chi connectivity index (χ0n) is 9.89. The number of imidazole rings is 1. The monoisotopic (exact) mass is 287 g/mol. The second-order valence-electron chi connectivity index (χ2n) is 3.77. The Morgan fingerprint density at radius 3 is 2.89 bits per heavy atom. The first-order valence-corrected chi connectivity index (χ1v) is 5.90. The summed E-state index contributed by atoms with van der Waals surface area (Å²) in [5.74, 6) is 0.656. The Morgan fingerprint density at radius 2 is 2.21 bits per heavy atom. The van der Waals surface area contributed by atoms with Crippen LogP contribution in [0.1, 0.15) is 17.9 Å². The van der Waals surface area contributed by atoms with Gasteiger partial charge in [0, 0.05) is 29.5 Å². The van der Waals surface area contributed by atoms with Crippen LogP contribution >= 0.6 is 11.6 Å². The minimum absolute atomic E-state index is 0.0635. The van der Waals surface area contributed by atoms with Crippen molar-refractivity contribution in [1.29, 1.82) is 0 Å². The number of benzene rings is 1. The molecule has 0 saturated heterocycles. The van der Waals surface area contributed by atoms with Gasteiger partial charge in [0.05, 0.1) is 0 Å². The van der Waals surface area contributed by atoms with Gasteiger partial charge in [-0.2, -0.15) is 8.78 Å². The average molecular weight is 288 g/mol. The van der Waals surface area contributed by atoms with Crippen molar-refractivity contribution in [2.45, 2.75) is 19.7 Å². The van der Waals surface area contributed by atoms with Gasteiger partial charge < -0.3 is 10.5 Å². The van der Waals surface area contributed by atoms with Crippen molar-refractivity contribution in [2.24, 2.45) is 5.73 Å². The van der Waals surface area contributed by atoms with Crippen LogP contribution in [0.5, 0.6) is 5.75 Å². The second kappa shape index (κ2) is 5.99. The predicted octanol–water partition coefficient (Wildman–Crippen LogP) is 2.97. The number of ether oxygens (including phenoxy) is 1. The standard InChI is InChI=1S/C12H12ClF2N3O/c13-9-1-2-10(8(5-9)6-16)19-7-11-17-3-4-18(11)12(14)15/h1-5,12H,6-7,16H2. The van der Waals surface area contributed by atoms with Crippen LogP contribution in [0.2, 0.25) is 5.02 Å². The molecule has 0 saturated carbocycles. The van der Waals surface area contributed by atoms with Gasteiger partial charge in [-0.05, 0) is 18.2 Å². The van der Waals surface area contributed by atoms with E-state index in [9.17, 15) is 8.78 Å². The number of alkyl halides is 2. The summed E-state index contributed by atoms with van der Waals surface area (Å²) in [7, 11) is 0. The normalized spacial score (nSPS) is 11.0. The fourth-order valence-electron chi connectivity index (χ4n) is 1.62. The van der Waals surface area contributed by atoms with E-state index in [-0.39, 0.29) is 19.0 Å². The summed E-state index contributed by atoms with van der Waals surface area (Å²) in [4.78, 5) is 3.83. The van der Waals surface area contributed by atoms with Crippen molar-refractivity contribution in [2.75, 3.05) is 0 Å². The van der Waals surface area contributed by atoms with Crippen LogP contribution in [0.15, 0.2) is 30.6 Å². The highest BCUT2D eigenvalue weighted by Gasteiger charge is 2.12. The molecule has 0 aliphatic carbocycles. The Kier molecular flexibility index (Phi) is 4.34. The maximum absolute atomic E-state index is 12.6. The summed E-state index contributed by atoms with van der Waals surface area (Å²) in [6.45, 7) is -2.45. The molecule has 7 heteroatoms. The van der Waals surface area contributed by atoms with Crippen LogP contribution in [0.3, 0.4) is 0 Å². The van der Waals surface area contributed by atoms with Crippen molar-refractivity contribution in [1.82, 2.24) is 9.55 Å². The quantitative estimate of drug-likeness (QED) is 0.920. The maximum Gasteiger partial charge on any atom is 0.320 e. The van der Waals surface area contributed by atoms with E-state index in [1.165, 1.54) is 12.4 Å². The van der Waals surface area contributed by atoms with Crippen LogP contribution in [-0.2, 0) is 13.2 Å². The molecule has 1 heterocycles. The summed E-state index contributed by atoms with van der Waals surface area (Å²) < 4.78 is 31.4. The molecule has 0 fully saturated rings. The van der Waals surface area contributed by atoms with Crippen LogP contribution in [0, 0.1) is 0 Å². The molecular formula is C12H12ClF2N3O. The highest BCUT2D eigenvalue weighted by Crippen LogP contribution is 2.23. The Hall–Kier alpha value is -1.66. The Morgan fingerprint density at radius 1 is 1.42 bits per heavy atom. The fourth-order valence-corrected chi connectivity index (χ4v) is 1.82. The molecule has 1 aromatic heterocycles. The van der Waals surface area contributed by atoms with E-state index in [1.54, 1.807) is 18.2 Å². The summed E-state index contributed by atoms with van der Waals surface area (Å²) >= 11 is 5.84. The molecule has 0 aliphatic heterocycles. The SMILES string of the molecule is NCc1cc(Cl)ccc1OCc1nccn1C(F)F. The molecule has 4 nitrogen and oxygen atoms in total. The van der Waals surface area contributed by atoms with E-state index >= 15 is 0 Å². The summed E-state index contributed by atoms with van der Waals surface area (Å²) in [5.41, 5.74) is 6.28. The van der Waals surface area contributed by atoms with E-state index in [2.05, 4.69) is 4.98 Å². The number of halogens is 3. The van der Waals surface area contributed by atoms with Crippen molar-refractivity contribution in [3.63, 3.8) is 0 Å². The molecule has 2 N–H and O–H groups in total. The van der Waals surface area contributed by atoms with Crippen LogP contribution in [0.4, 0.5) is 8.78 Å². The minimum atomic E-state index is -2.64. The molecule has 0 radical (unpaired) electrons. The number of aromatic nitrogens is 2. The number of hydrogen-bond donors (Lipinski definition) is 1. The topological polar surface area (TPSA) is 53.1 Å². The van der Waals surface area contributed by atoms with Crippen LogP contribution < -0.4 is 10.5 Å². The molecule has 102 valence electrons. The summed E-state index contributed by atoms with van der Waals surface area (Å²) in [6.07, 6.45) is 2.51. The van der Waals surface area contributed by atoms with Gasteiger partial charge >= 0.3 is 6.55 Å². The van der Waals surface area contributed by atoms with Crippen molar-refractivity contribution >= 4 is 11.6 Å². The van der Waals surface area contributed by atoms with Crippen LogP contribution in [-0.4, -0.2) is 9.55 Å². The lowest BCUT2D eigenvalue weighted by atomic mass is 10.2. The Bertz CT molecular complexity index is 560. The van der Waals surface area contributed by atoms with Gasteiger partial charge in [-0.1, -0.05) is 11.6 Å². The molecule has 2 aromatic rings. The smallest absolute Gasteiger partial charge is 0.320 e. The lowest BCUT2D eigenvalue weighted by Gasteiger charge is -2.11. The molecule has 19 heavy (non-hydrogen) atoms. The van der Waals surface area contributed by atoms with E-state index < -0.39 is 6.55 Å². The third-order valence-electron chi connectivity index (χ3n) is 2.56. The van der Waals surface area contributed by atoms with Crippen molar-refractivity contribution in [3.05, 3.63) is 47.0 Å². The molecule has 0 amide bonds. The van der Waals surface area contributed by atoms with E-state index in [0.29, 0.717) is 16.3 Å². The summed E-state index contributed by atoms with van der Waals surface area (Å²) in [5, 5.41) is 0.543. The number of nitrogens with zero attached hydrogens (tertiary/aromatic N) is 2. The molecule has 1 aromatic carbocycles. The fraction of sp³-hybridized carbons (Fsp3) is 0.250. The van der Waals surface area contributed by atoms with Gasteiger partial charge in [0.1, 0.15) is 12.4 Å². The van der Waals surface area contributed by atoms with Crippen molar-refractivity contribution in [3.8, 4) is 5.75 Å². The minimum Gasteiger partial charge on any atom is -0.485 e. The highest BCUT2D eigenvalue weighted by atomic mass is 35.5. The van der Waals surface area contributed by atoms with Gasteiger partial charge in [-0.15, -0.1) is 0 Å². The maximum atomic E-state index is 12.6. The number of rotatable bonds is 5. The van der Waals surface area contributed by atoms with E-state index in [0.717, 1.165) is 4.57 Å². The first-order chi connectivity index (χ1) is 9.11. The largest absolute Gasteiger partial charge is 0.485 e. The first-order valence-electron chi connectivity index (χ1n) is 5.53. The predicted molar refractivity (Wildman–Crippen MR) is 67.2 cm³/mol. The van der Waals surface area contributed by atoms with Gasteiger partial charge in [0.25, 0.3) is 0 Å². The van der Waals surface area contributed by atoms with E-state index in [4.69, 9.17) is 22.1 Å². The Balaban J connectivity index is 2.12. The summed E-state index contributed by atoms with van der Waals surface area (Å²) in [6, 6.07) is 4.98. The van der Waals surface area contributed by atoms with Gasteiger partial charge in [-0.3, -0.25) is 4.57 Å². The average Bonchev–Trinajstić information content (AvgIpc) is 2.85. The molecule has 2 rings (SSSR count). The van der Waals surface area contributed by atoms with Gasteiger partial charge in [0.2, 0.25) is 0 Å². The molecule has 0 aliphatic rings. The molecule has 0 bridgehead atoms. The lowest BCUT2D eigenvalue weighted by molar-refractivity contribution is 0.0632. The third kappa shape index (κ3) is 3.21. The number of hydrogen-bond acceptors (Lipinski definition) is 3.